The van der Waals surface area contributed by atoms with E-state index >= 15 is 0 Å². The van der Waals surface area contributed by atoms with Gasteiger partial charge in [-0.05, 0) is 49.0 Å². The number of likely N-dealkylation sites (N-methyl/N-ethyl adjacent to an activating group) is 1. The normalized spacial score (nSPS) is 22.1. The van der Waals surface area contributed by atoms with E-state index < -0.39 is 10.0 Å². The minimum Gasteiger partial charge on any atom is -0.352 e. The third-order valence-corrected chi connectivity index (χ3v) is 8.83. The maximum Gasteiger partial charge on any atom is 0.257 e. The number of fused-ring (bicyclic) bond motifs is 3. The smallest absolute Gasteiger partial charge is 0.257 e. The number of amidine groups is 1. The molecule has 0 saturated carbocycles. The highest BCUT2D eigenvalue weighted by molar-refractivity contribution is 8.15. The molecule has 0 aromatic heterocycles. The number of hydrogen-bond acceptors (Lipinski definition) is 7. The second-order valence-corrected chi connectivity index (χ2v) is 11.7. The quantitative estimate of drug-likeness (QED) is 0.611. The fraction of sp³-hybridized carbons (Fsp3) is 0.417. The minimum atomic E-state index is -3.39. The monoisotopic (exact) mass is 499 g/mol. The van der Waals surface area contributed by atoms with Gasteiger partial charge in [0.05, 0.1) is 11.4 Å². The molecule has 2 aromatic carbocycles. The average Bonchev–Trinajstić information content (AvgIpc) is 3.18. The van der Waals surface area contributed by atoms with Gasteiger partial charge in [0.25, 0.3) is 15.9 Å². The first-order valence-electron chi connectivity index (χ1n) is 11.6. The van der Waals surface area contributed by atoms with E-state index in [-0.39, 0.29) is 11.7 Å². The molecule has 0 radical (unpaired) electrons. The molecular formula is C24H29N5O3S2. The third kappa shape index (κ3) is 5.00. The Morgan fingerprint density at radius 1 is 1.15 bits per heavy atom. The van der Waals surface area contributed by atoms with E-state index in [9.17, 15) is 13.2 Å². The highest BCUT2D eigenvalue weighted by Gasteiger charge is 2.33. The van der Waals surface area contributed by atoms with Crippen LogP contribution in [0, 0.1) is 0 Å². The minimum absolute atomic E-state index is 0.0111. The van der Waals surface area contributed by atoms with Crippen LogP contribution in [0.15, 0.2) is 57.8 Å². The van der Waals surface area contributed by atoms with Crippen molar-refractivity contribution in [2.45, 2.75) is 17.4 Å². The van der Waals surface area contributed by atoms with Gasteiger partial charge >= 0.3 is 0 Å². The molecule has 2 aromatic rings. The summed E-state index contributed by atoms with van der Waals surface area (Å²) >= 11 is 1.31. The second kappa shape index (κ2) is 9.69. The van der Waals surface area contributed by atoms with Gasteiger partial charge in [-0.3, -0.25) is 9.69 Å². The molecule has 34 heavy (non-hydrogen) atoms. The molecule has 3 aliphatic heterocycles. The van der Waals surface area contributed by atoms with Crippen LogP contribution in [-0.4, -0.2) is 81.4 Å². The lowest BCUT2D eigenvalue weighted by atomic mass is 10.0. The summed E-state index contributed by atoms with van der Waals surface area (Å²) in [5.74, 6) is -0.0993. The van der Waals surface area contributed by atoms with E-state index in [1.54, 1.807) is 6.07 Å². The summed E-state index contributed by atoms with van der Waals surface area (Å²) in [6.45, 7) is 5.00. The molecule has 3 aliphatic rings. The molecule has 1 amide bonds. The van der Waals surface area contributed by atoms with Crippen LogP contribution in [0.25, 0.3) is 0 Å². The van der Waals surface area contributed by atoms with Crippen molar-refractivity contribution >= 4 is 38.5 Å². The zero-order valence-corrected chi connectivity index (χ0v) is 20.8. The molecule has 1 unspecified atom stereocenters. The Balaban J connectivity index is 1.16. The summed E-state index contributed by atoms with van der Waals surface area (Å²) in [5, 5.41) is 3.52. The fourth-order valence-corrected chi connectivity index (χ4v) is 6.97. The number of rotatable bonds is 6. The first kappa shape index (κ1) is 23.3. The van der Waals surface area contributed by atoms with Crippen LogP contribution in [0.4, 0.5) is 5.69 Å². The number of benzene rings is 2. The van der Waals surface area contributed by atoms with Crippen molar-refractivity contribution in [2.24, 2.45) is 4.40 Å². The van der Waals surface area contributed by atoms with E-state index in [4.69, 9.17) is 0 Å². The van der Waals surface area contributed by atoms with E-state index in [1.807, 2.05) is 23.1 Å². The molecule has 180 valence electrons. The maximum absolute atomic E-state index is 12.8. The van der Waals surface area contributed by atoms with Crippen LogP contribution in [0.5, 0.6) is 0 Å². The van der Waals surface area contributed by atoms with Crippen molar-refractivity contribution in [1.82, 2.24) is 15.1 Å². The molecule has 1 saturated heterocycles. The van der Waals surface area contributed by atoms with Gasteiger partial charge in [0.15, 0.2) is 5.17 Å². The number of amides is 1. The molecule has 0 bridgehead atoms. The Morgan fingerprint density at radius 2 is 1.97 bits per heavy atom. The molecule has 3 heterocycles. The maximum atomic E-state index is 12.8. The lowest BCUT2D eigenvalue weighted by molar-refractivity contribution is 0.0865. The summed E-state index contributed by atoms with van der Waals surface area (Å²) in [4.78, 5) is 20.4. The molecule has 0 aliphatic carbocycles. The predicted octanol–water partition coefficient (Wildman–Crippen LogP) is 2.41. The fourth-order valence-electron chi connectivity index (χ4n) is 4.67. The molecule has 0 spiro atoms. The van der Waals surface area contributed by atoms with Crippen molar-refractivity contribution in [2.75, 3.05) is 57.0 Å². The van der Waals surface area contributed by atoms with Gasteiger partial charge in [0, 0.05) is 55.8 Å². The zero-order valence-electron chi connectivity index (χ0n) is 19.2. The van der Waals surface area contributed by atoms with Crippen LogP contribution in [0.1, 0.15) is 28.4 Å². The Labute approximate surface area is 205 Å². The summed E-state index contributed by atoms with van der Waals surface area (Å²) in [5.41, 5.74) is 2.83. The highest BCUT2D eigenvalue weighted by atomic mass is 32.2. The zero-order chi connectivity index (χ0) is 23.7. The van der Waals surface area contributed by atoms with Crippen molar-refractivity contribution in [1.29, 1.82) is 0 Å². The SMILES string of the molecule is CN1CCN(CCCNC(=O)c2ccc3c(c2)SC2=NS(=O)(=O)CCN23)C(c2ccccc2)C1. The molecular weight excluding hydrogens is 470 g/mol. The first-order chi connectivity index (χ1) is 16.4. The Hall–Kier alpha value is -2.40. The van der Waals surface area contributed by atoms with Crippen LogP contribution in [0.2, 0.25) is 0 Å². The second-order valence-electron chi connectivity index (χ2n) is 8.93. The lowest BCUT2D eigenvalue weighted by Crippen LogP contribution is -2.47. The number of nitrogens with one attached hydrogen (secondary N) is 1. The molecule has 8 nitrogen and oxygen atoms in total. The summed E-state index contributed by atoms with van der Waals surface area (Å²) in [7, 11) is -1.22. The van der Waals surface area contributed by atoms with Gasteiger partial charge in [0.2, 0.25) is 0 Å². The number of anilines is 1. The van der Waals surface area contributed by atoms with E-state index in [0.29, 0.717) is 29.9 Å². The van der Waals surface area contributed by atoms with Crippen molar-refractivity contribution in [3.63, 3.8) is 0 Å². The summed E-state index contributed by atoms with van der Waals surface area (Å²) < 4.78 is 27.5. The molecule has 1 atom stereocenters. The van der Waals surface area contributed by atoms with E-state index in [2.05, 4.69) is 50.8 Å². The largest absolute Gasteiger partial charge is 0.352 e. The van der Waals surface area contributed by atoms with E-state index in [1.165, 1.54) is 17.3 Å². The van der Waals surface area contributed by atoms with Gasteiger partial charge < -0.3 is 15.1 Å². The van der Waals surface area contributed by atoms with Gasteiger partial charge in [-0.1, -0.05) is 30.3 Å². The van der Waals surface area contributed by atoms with E-state index in [0.717, 1.165) is 43.2 Å². The van der Waals surface area contributed by atoms with Crippen molar-refractivity contribution in [3.05, 3.63) is 59.7 Å². The first-order valence-corrected chi connectivity index (χ1v) is 14.0. The van der Waals surface area contributed by atoms with Gasteiger partial charge in [-0.15, -0.1) is 4.40 Å². The standard InChI is InChI=1S/C24H29N5O3S2/c1-27-12-13-28(21(17-27)18-6-3-2-4-7-18)11-5-10-25-23(30)19-8-9-20-22(16-19)33-24-26-34(31,32)15-14-29(20)24/h2-4,6-9,16,21H,5,10-15,17H2,1H3,(H,25,30). The summed E-state index contributed by atoms with van der Waals surface area (Å²) in [6, 6.07) is 16.5. The Bertz CT molecular complexity index is 1200. The van der Waals surface area contributed by atoms with Crippen LogP contribution in [-0.2, 0) is 10.0 Å². The average molecular weight is 500 g/mol. The van der Waals surface area contributed by atoms with Gasteiger partial charge in [-0.25, -0.2) is 8.42 Å². The van der Waals surface area contributed by atoms with Crippen molar-refractivity contribution in [3.8, 4) is 0 Å². The third-order valence-electron chi connectivity index (χ3n) is 6.52. The Kier molecular flexibility index (Phi) is 6.65. The van der Waals surface area contributed by atoms with Crippen LogP contribution >= 0.6 is 11.8 Å². The number of hydrogen-bond donors (Lipinski definition) is 1. The van der Waals surface area contributed by atoms with Gasteiger partial charge in [-0.2, -0.15) is 0 Å². The molecule has 1 fully saturated rings. The number of thioether (sulfide) groups is 1. The summed E-state index contributed by atoms with van der Waals surface area (Å²) in [6.07, 6.45) is 0.876. The topological polar surface area (TPSA) is 85.3 Å². The lowest BCUT2D eigenvalue weighted by Gasteiger charge is -2.40. The Morgan fingerprint density at radius 3 is 2.79 bits per heavy atom. The number of carbonyl (C=O) groups is 1. The number of nitrogens with zero attached hydrogens (tertiary/aromatic N) is 4. The molecule has 1 N–H and O–H groups in total. The number of carbonyl (C=O) groups excluding carboxylic acids is 1. The van der Waals surface area contributed by atoms with Crippen LogP contribution < -0.4 is 10.2 Å². The predicted molar refractivity (Wildman–Crippen MR) is 136 cm³/mol. The highest BCUT2D eigenvalue weighted by Crippen LogP contribution is 2.42. The van der Waals surface area contributed by atoms with Crippen molar-refractivity contribution < 1.29 is 13.2 Å². The molecule has 5 rings (SSSR count). The number of piperazine rings is 1. The van der Waals surface area contributed by atoms with Gasteiger partial charge in [0.1, 0.15) is 0 Å². The number of sulfonamides is 1. The van der Waals surface area contributed by atoms with Crippen LogP contribution in [0.3, 0.4) is 0 Å². The molecule has 10 heteroatoms.